The second-order valence-corrected chi connectivity index (χ2v) is 14.3. The standard InChI is InChI=1S/C46H36N4O6/c51-44-41(27-38-35-14-8-7-13-32(35)17-20-42(38)56-28-29-15-18-33(19-16-29)50(54)55)45(52)49(46(53)47-44)34-25-39-36(30-9-3-1-4-10-30)21-23-48-24-22-37(40(26-34)43(39)48)31-11-5-2-6-12-31/h1-20,25-27,36-37H,21-24,28H2,(H,47,51,53)/b41-27+/t36-,37+. The van der Waals surface area contributed by atoms with Crippen LogP contribution < -0.4 is 19.9 Å². The summed E-state index contributed by atoms with van der Waals surface area (Å²) in [5, 5.41) is 15.2. The van der Waals surface area contributed by atoms with Gasteiger partial charge in [-0.3, -0.25) is 25.0 Å². The zero-order valence-corrected chi connectivity index (χ0v) is 30.3. The van der Waals surface area contributed by atoms with E-state index in [1.165, 1.54) is 18.2 Å². The number of hydrogen-bond acceptors (Lipinski definition) is 7. The molecule has 1 saturated heterocycles. The number of fused-ring (bicyclic) bond motifs is 1. The van der Waals surface area contributed by atoms with Gasteiger partial charge < -0.3 is 9.64 Å². The summed E-state index contributed by atoms with van der Waals surface area (Å²) in [6.07, 6.45) is 3.25. The summed E-state index contributed by atoms with van der Waals surface area (Å²) in [4.78, 5) is 56.4. The molecular weight excluding hydrogens is 705 g/mol. The summed E-state index contributed by atoms with van der Waals surface area (Å²) in [6, 6.07) is 41.0. The van der Waals surface area contributed by atoms with E-state index in [4.69, 9.17) is 4.74 Å². The molecule has 10 nitrogen and oxygen atoms in total. The predicted molar refractivity (Wildman–Crippen MR) is 215 cm³/mol. The lowest BCUT2D eigenvalue weighted by atomic mass is 9.76. The number of nitro groups is 1. The number of benzene rings is 6. The fourth-order valence-corrected chi connectivity index (χ4v) is 8.43. The second kappa shape index (κ2) is 14.3. The van der Waals surface area contributed by atoms with Crippen LogP contribution in [0.5, 0.6) is 5.75 Å². The largest absolute Gasteiger partial charge is 0.488 e. The number of nitro benzene ring substituents is 1. The number of hydrogen-bond donors (Lipinski definition) is 1. The van der Waals surface area contributed by atoms with Gasteiger partial charge in [0.1, 0.15) is 17.9 Å². The monoisotopic (exact) mass is 740 g/mol. The van der Waals surface area contributed by atoms with Crippen LogP contribution in [-0.2, 0) is 16.2 Å². The first-order valence-electron chi connectivity index (χ1n) is 18.7. The molecule has 6 aromatic carbocycles. The maximum absolute atomic E-state index is 14.7. The number of urea groups is 1. The van der Waals surface area contributed by atoms with E-state index in [9.17, 15) is 24.5 Å². The zero-order chi connectivity index (χ0) is 38.3. The Hall–Kier alpha value is -7.07. The highest BCUT2D eigenvalue weighted by Gasteiger charge is 2.41. The summed E-state index contributed by atoms with van der Waals surface area (Å²) < 4.78 is 6.25. The van der Waals surface area contributed by atoms with E-state index >= 15 is 0 Å². The van der Waals surface area contributed by atoms with Crippen LogP contribution in [0, 0.1) is 10.1 Å². The molecule has 0 radical (unpaired) electrons. The average molecular weight is 741 g/mol. The van der Waals surface area contributed by atoms with Crippen molar-refractivity contribution in [3.05, 3.63) is 183 Å². The normalized spacial score (nSPS) is 18.5. The van der Waals surface area contributed by atoms with Crippen molar-refractivity contribution in [2.75, 3.05) is 22.9 Å². The van der Waals surface area contributed by atoms with Gasteiger partial charge in [0.25, 0.3) is 17.5 Å². The molecule has 6 aromatic rings. The highest BCUT2D eigenvalue weighted by molar-refractivity contribution is 6.39. The topological polar surface area (TPSA) is 122 Å². The Morgan fingerprint density at radius 3 is 1.98 bits per heavy atom. The van der Waals surface area contributed by atoms with E-state index in [0.29, 0.717) is 22.6 Å². The fraction of sp³-hybridized carbons (Fsp3) is 0.152. The van der Waals surface area contributed by atoms with Crippen LogP contribution in [0.25, 0.3) is 16.8 Å². The Labute approximate surface area is 322 Å². The van der Waals surface area contributed by atoms with Gasteiger partial charge in [-0.2, -0.15) is 0 Å². The van der Waals surface area contributed by atoms with E-state index < -0.39 is 22.8 Å². The fourth-order valence-electron chi connectivity index (χ4n) is 8.43. The SMILES string of the molecule is O=C1NC(=O)N(c2cc3c4c(c2)[C@H](c2ccccc2)CCN4CC[C@@H]3c2ccccc2)C(=O)/C1=C/c1c(OCc2ccc([N+](=O)[O-])cc2)ccc2ccccc12. The van der Waals surface area contributed by atoms with Crippen molar-refractivity contribution in [3.8, 4) is 5.75 Å². The third kappa shape index (κ3) is 6.24. The molecule has 2 atom stereocenters. The van der Waals surface area contributed by atoms with Gasteiger partial charge in [0.15, 0.2) is 0 Å². The Kier molecular flexibility index (Phi) is 8.85. The molecule has 0 bridgehead atoms. The van der Waals surface area contributed by atoms with Gasteiger partial charge in [0, 0.05) is 48.3 Å². The van der Waals surface area contributed by atoms with Gasteiger partial charge in [0.05, 0.1) is 10.6 Å². The van der Waals surface area contributed by atoms with Crippen LogP contribution in [0.2, 0.25) is 0 Å². The van der Waals surface area contributed by atoms with Crippen molar-refractivity contribution in [2.24, 2.45) is 0 Å². The van der Waals surface area contributed by atoms with Gasteiger partial charge in [-0.1, -0.05) is 91.0 Å². The molecule has 3 aliphatic heterocycles. The first kappa shape index (κ1) is 34.7. The minimum Gasteiger partial charge on any atom is -0.488 e. The molecule has 10 heteroatoms. The van der Waals surface area contributed by atoms with Crippen molar-refractivity contribution in [1.82, 2.24) is 5.32 Å². The van der Waals surface area contributed by atoms with Crippen LogP contribution in [0.1, 0.15) is 58.1 Å². The molecule has 3 aliphatic rings. The summed E-state index contributed by atoms with van der Waals surface area (Å²) in [5.74, 6) is -1.06. The van der Waals surface area contributed by atoms with Crippen molar-refractivity contribution in [3.63, 3.8) is 0 Å². The van der Waals surface area contributed by atoms with Crippen LogP contribution >= 0.6 is 0 Å². The number of carbonyl (C=O) groups is 3. The third-order valence-corrected chi connectivity index (χ3v) is 11.1. The van der Waals surface area contributed by atoms with Crippen LogP contribution in [0.4, 0.5) is 21.9 Å². The van der Waals surface area contributed by atoms with Gasteiger partial charge >= 0.3 is 6.03 Å². The summed E-state index contributed by atoms with van der Waals surface area (Å²) >= 11 is 0. The Bertz CT molecular complexity index is 2500. The highest BCUT2D eigenvalue weighted by Crippen LogP contribution is 2.50. The number of rotatable bonds is 8. The lowest BCUT2D eigenvalue weighted by Gasteiger charge is -2.44. The van der Waals surface area contributed by atoms with Gasteiger partial charge in [-0.05, 0) is 87.8 Å². The second-order valence-electron chi connectivity index (χ2n) is 14.3. The maximum Gasteiger partial charge on any atom is 0.335 e. The molecule has 0 aromatic heterocycles. The summed E-state index contributed by atoms with van der Waals surface area (Å²) in [5.41, 5.74) is 6.92. The Morgan fingerprint density at radius 2 is 1.36 bits per heavy atom. The van der Waals surface area contributed by atoms with Crippen molar-refractivity contribution in [1.29, 1.82) is 0 Å². The van der Waals surface area contributed by atoms with Crippen LogP contribution in [0.15, 0.2) is 139 Å². The number of ether oxygens (including phenoxy) is 1. The van der Waals surface area contributed by atoms with Gasteiger partial charge in [-0.25, -0.2) is 9.69 Å². The number of anilines is 2. The first-order valence-corrected chi connectivity index (χ1v) is 18.7. The number of non-ortho nitro benzene ring substituents is 1. The number of nitrogens with one attached hydrogen (secondary N) is 1. The van der Waals surface area contributed by atoms with E-state index in [1.807, 2.05) is 78.9 Å². The lowest BCUT2D eigenvalue weighted by molar-refractivity contribution is -0.384. The van der Waals surface area contributed by atoms with Crippen LogP contribution in [-0.4, -0.2) is 35.9 Å². The molecule has 276 valence electrons. The van der Waals surface area contributed by atoms with E-state index in [0.717, 1.165) is 69.5 Å². The molecule has 1 N–H and O–H groups in total. The minimum atomic E-state index is -0.812. The van der Waals surface area contributed by atoms with Crippen molar-refractivity contribution in [2.45, 2.75) is 31.3 Å². The molecule has 56 heavy (non-hydrogen) atoms. The smallest absolute Gasteiger partial charge is 0.335 e. The summed E-state index contributed by atoms with van der Waals surface area (Å²) in [7, 11) is 0. The molecule has 9 rings (SSSR count). The Morgan fingerprint density at radius 1 is 0.750 bits per heavy atom. The molecule has 1 fully saturated rings. The van der Waals surface area contributed by atoms with E-state index in [2.05, 4.69) is 34.5 Å². The maximum atomic E-state index is 14.7. The average Bonchev–Trinajstić information content (AvgIpc) is 3.22. The number of barbiturate groups is 1. The minimum absolute atomic E-state index is 0.0301. The molecule has 4 amide bonds. The van der Waals surface area contributed by atoms with E-state index in [-0.39, 0.29) is 29.7 Å². The van der Waals surface area contributed by atoms with E-state index in [1.54, 1.807) is 18.2 Å². The molecule has 0 spiro atoms. The number of imide groups is 2. The van der Waals surface area contributed by atoms with Gasteiger partial charge in [0.2, 0.25) is 0 Å². The molecule has 0 unspecified atom stereocenters. The Balaban J connectivity index is 1.15. The highest BCUT2D eigenvalue weighted by atomic mass is 16.6. The summed E-state index contributed by atoms with van der Waals surface area (Å²) in [6.45, 7) is 1.87. The number of amides is 4. The van der Waals surface area contributed by atoms with Crippen molar-refractivity contribution >= 4 is 51.8 Å². The quantitative estimate of drug-likeness (QED) is 0.0716. The third-order valence-electron chi connectivity index (χ3n) is 11.1. The van der Waals surface area contributed by atoms with Crippen LogP contribution in [0.3, 0.4) is 0 Å². The number of nitrogens with zero attached hydrogens (tertiary/aromatic N) is 3. The molecule has 3 heterocycles. The lowest BCUT2D eigenvalue weighted by Crippen LogP contribution is -2.54. The first-order chi connectivity index (χ1) is 27.3. The molecule has 0 aliphatic carbocycles. The predicted octanol–water partition coefficient (Wildman–Crippen LogP) is 8.87. The van der Waals surface area contributed by atoms with Gasteiger partial charge in [-0.15, -0.1) is 0 Å². The molecule has 0 saturated carbocycles. The molecular formula is C46H36N4O6. The van der Waals surface area contributed by atoms with Crippen molar-refractivity contribution < 1.29 is 24.0 Å². The zero-order valence-electron chi connectivity index (χ0n) is 30.3. The number of carbonyl (C=O) groups excluding carboxylic acids is 3.